The number of hydrogen-bond donors (Lipinski definition) is 0. The number of hydrogen-bond acceptors (Lipinski definition) is 6. The third-order valence-electron chi connectivity index (χ3n) is 13.0. The Balaban J connectivity index is 0.972. The molecule has 0 amide bonds. The van der Waals surface area contributed by atoms with Gasteiger partial charge in [0.1, 0.15) is 11.2 Å². The number of pyridine rings is 1. The van der Waals surface area contributed by atoms with Crippen LogP contribution in [-0.2, 0) is 0 Å². The maximum atomic E-state index is 9.45. The van der Waals surface area contributed by atoms with Crippen molar-refractivity contribution in [2.75, 3.05) is 0 Å². The fourth-order valence-electron chi connectivity index (χ4n) is 9.82. The van der Waals surface area contributed by atoms with Gasteiger partial charge in [0.25, 0.3) is 0 Å². The Morgan fingerprint density at radius 1 is 0.328 bits per heavy atom. The highest BCUT2D eigenvalue weighted by Crippen LogP contribution is 2.44. The van der Waals surface area contributed by atoms with E-state index in [4.69, 9.17) is 24.4 Å². The first kappa shape index (κ1) is 38.2. The average molecular weight is 854 g/mol. The molecule has 67 heavy (non-hydrogen) atoms. The molecule has 0 aliphatic rings. The first-order chi connectivity index (χ1) is 33.1. The third-order valence-corrected chi connectivity index (χ3v) is 13.0. The van der Waals surface area contributed by atoms with Crippen LogP contribution in [0.25, 0.3) is 133 Å². The molecule has 6 heteroatoms. The van der Waals surface area contributed by atoms with Gasteiger partial charge in [0.15, 0.2) is 17.5 Å². The molecule has 0 saturated carbocycles. The summed E-state index contributed by atoms with van der Waals surface area (Å²) in [6.45, 7) is 0. The van der Waals surface area contributed by atoms with Gasteiger partial charge in [0.05, 0.1) is 17.1 Å². The Morgan fingerprint density at radius 2 is 0.881 bits per heavy atom. The van der Waals surface area contributed by atoms with Crippen LogP contribution >= 0.6 is 0 Å². The van der Waals surface area contributed by atoms with Crippen LogP contribution in [0.2, 0.25) is 0 Å². The van der Waals surface area contributed by atoms with Crippen LogP contribution in [-0.4, -0.2) is 19.9 Å². The molecule has 13 rings (SSSR count). The van der Waals surface area contributed by atoms with Gasteiger partial charge in [0, 0.05) is 44.6 Å². The van der Waals surface area contributed by atoms with E-state index in [0.29, 0.717) is 23.0 Å². The largest absolute Gasteiger partial charge is 0.456 e. The fourth-order valence-corrected chi connectivity index (χ4v) is 9.82. The molecular weight excluding hydrogens is 819 g/mol. The summed E-state index contributed by atoms with van der Waals surface area (Å²) in [7, 11) is 0. The molecule has 0 atom stereocenters. The second kappa shape index (κ2) is 15.4. The van der Waals surface area contributed by atoms with Crippen molar-refractivity contribution in [1.82, 2.24) is 19.9 Å². The first-order valence-electron chi connectivity index (χ1n) is 22.2. The molecule has 0 spiro atoms. The second-order valence-corrected chi connectivity index (χ2v) is 16.8. The zero-order valence-electron chi connectivity index (χ0n) is 35.9. The normalized spacial score (nSPS) is 11.6. The van der Waals surface area contributed by atoms with Crippen LogP contribution < -0.4 is 0 Å². The molecule has 0 aliphatic carbocycles. The Morgan fingerprint density at radius 3 is 1.66 bits per heavy atom. The monoisotopic (exact) mass is 853 g/mol. The van der Waals surface area contributed by atoms with Crippen molar-refractivity contribution in [3.63, 3.8) is 0 Å². The number of nitrogens with zero attached hydrogens (tertiary/aromatic N) is 5. The molecule has 0 aliphatic heterocycles. The van der Waals surface area contributed by atoms with Crippen LogP contribution in [0.15, 0.2) is 217 Å². The van der Waals surface area contributed by atoms with E-state index in [2.05, 4.69) is 127 Å². The molecule has 0 N–H and O–H groups in total. The summed E-state index contributed by atoms with van der Waals surface area (Å²) in [5.41, 5.74) is 12.3. The molecule has 0 unspecified atom stereocenters. The van der Waals surface area contributed by atoms with Gasteiger partial charge in [-0.3, -0.25) is 4.98 Å². The van der Waals surface area contributed by atoms with Crippen molar-refractivity contribution in [3.8, 4) is 73.6 Å². The molecule has 0 saturated heterocycles. The third kappa shape index (κ3) is 6.41. The van der Waals surface area contributed by atoms with E-state index in [1.807, 2.05) is 91.1 Å². The standard InChI is InChI=1S/C61H35N5O/c62-36-37-23-25-38(26-24-37)43-29-30-48(45-17-5-4-16-44(43)45)53-35-55-51-21-11-31-63-58(51)52(34-54(55)47-19-7-6-18-46(47)53)40-14-10-15-41(32-40)60-64-59(39-12-2-1-3-13-39)65-61(66-60)42-27-28-50-49-20-8-9-22-56(49)67-57(50)33-42/h1-35H. The zero-order chi connectivity index (χ0) is 44.4. The SMILES string of the molecule is N#Cc1ccc(-c2ccc(-c3cc4c5cccnc5c(-c5cccc(-c6nc(-c7ccccc7)nc(-c7ccc8c(c7)oc7ccccc78)n6)c5)cc4c4ccccc34)c3ccccc23)cc1. The lowest BCUT2D eigenvalue weighted by Gasteiger charge is -2.18. The molecule has 13 aromatic rings. The highest BCUT2D eigenvalue weighted by Gasteiger charge is 2.20. The van der Waals surface area contributed by atoms with E-state index in [9.17, 15) is 5.26 Å². The van der Waals surface area contributed by atoms with E-state index in [-0.39, 0.29) is 0 Å². The maximum absolute atomic E-state index is 9.45. The van der Waals surface area contributed by atoms with Crippen molar-refractivity contribution in [2.24, 2.45) is 0 Å². The lowest BCUT2D eigenvalue weighted by atomic mass is 9.86. The molecular formula is C61H35N5O. The summed E-state index contributed by atoms with van der Waals surface area (Å²) in [5.74, 6) is 1.72. The minimum absolute atomic E-state index is 0.563. The van der Waals surface area contributed by atoms with Gasteiger partial charge in [-0.1, -0.05) is 152 Å². The quantitative estimate of drug-likeness (QED) is 0.155. The minimum Gasteiger partial charge on any atom is -0.456 e. The molecule has 3 heterocycles. The van der Waals surface area contributed by atoms with Crippen molar-refractivity contribution in [1.29, 1.82) is 5.26 Å². The summed E-state index contributed by atoms with van der Waals surface area (Å²) >= 11 is 0. The lowest BCUT2D eigenvalue weighted by Crippen LogP contribution is -2.00. The molecule has 0 fully saturated rings. The predicted octanol–water partition coefficient (Wildman–Crippen LogP) is 15.7. The number of fused-ring (bicyclic) bond motifs is 9. The summed E-state index contributed by atoms with van der Waals surface area (Å²) in [6, 6.07) is 73.5. The second-order valence-electron chi connectivity index (χ2n) is 16.8. The van der Waals surface area contributed by atoms with Crippen molar-refractivity contribution >= 4 is 65.2 Å². The number of para-hydroxylation sites is 1. The number of furan rings is 1. The number of aromatic nitrogens is 4. The van der Waals surface area contributed by atoms with Crippen molar-refractivity contribution in [2.45, 2.75) is 0 Å². The van der Waals surface area contributed by atoms with E-state index < -0.39 is 0 Å². The Labute approximate surface area is 384 Å². The van der Waals surface area contributed by atoms with Crippen LogP contribution in [0.5, 0.6) is 0 Å². The summed E-state index contributed by atoms with van der Waals surface area (Å²) in [6.07, 6.45) is 1.88. The number of nitriles is 1. The summed E-state index contributed by atoms with van der Waals surface area (Å²) in [5, 5.41) is 19.6. The van der Waals surface area contributed by atoms with E-state index >= 15 is 0 Å². The summed E-state index contributed by atoms with van der Waals surface area (Å²) < 4.78 is 6.29. The fraction of sp³-hybridized carbons (Fsp3) is 0. The van der Waals surface area contributed by atoms with E-state index in [1.54, 1.807) is 0 Å². The minimum atomic E-state index is 0.563. The maximum Gasteiger partial charge on any atom is 0.164 e. The first-order valence-corrected chi connectivity index (χ1v) is 22.2. The molecule has 3 aromatic heterocycles. The molecule has 0 radical (unpaired) electrons. The average Bonchev–Trinajstić information content (AvgIpc) is 3.78. The highest BCUT2D eigenvalue weighted by atomic mass is 16.3. The predicted molar refractivity (Wildman–Crippen MR) is 272 cm³/mol. The van der Waals surface area contributed by atoms with Crippen molar-refractivity contribution in [3.05, 3.63) is 218 Å². The van der Waals surface area contributed by atoms with Gasteiger partial charge in [-0.05, 0) is 115 Å². The Bertz CT molecular complexity index is 4170. The highest BCUT2D eigenvalue weighted by molar-refractivity contribution is 6.24. The molecule has 0 bridgehead atoms. The smallest absolute Gasteiger partial charge is 0.164 e. The van der Waals surface area contributed by atoms with Gasteiger partial charge < -0.3 is 4.42 Å². The topological polar surface area (TPSA) is 88.5 Å². The van der Waals surface area contributed by atoms with Gasteiger partial charge >= 0.3 is 0 Å². The zero-order valence-corrected chi connectivity index (χ0v) is 35.9. The lowest BCUT2D eigenvalue weighted by molar-refractivity contribution is 0.669. The number of benzene rings is 10. The Hall–Kier alpha value is -9.31. The van der Waals surface area contributed by atoms with E-state index in [0.717, 1.165) is 110 Å². The van der Waals surface area contributed by atoms with Gasteiger partial charge in [-0.25, -0.2) is 15.0 Å². The van der Waals surface area contributed by atoms with Crippen LogP contribution in [0.3, 0.4) is 0 Å². The van der Waals surface area contributed by atoms with E-state index in [1.165, 1.54) is 5.39 Å². The van der Waals surface area contributed by atoms with Crippen LogP contribution in [0.4, 0.5) is 0 Å². The summed E-state index contributed by atoms with van der Waals surface area (Å²) in [4.78, 5) is 20.4. The molecule has 310 valence electrons. The Kier molecular flexibility index (Phi) is 8.80. The molecule has 10 aromatic carbocycles. The van der Waals surface area contributed by atoms with Crippen molar-refractivity contribution < 1.29 is 4.42 Å². The van der Waals surface area contributed by atoms with Crippen LogP contribution in [0, 0.1) is 11.3 Å². The molecule has 6 nitrogen and oxygen atoms in total. The number of rotatable bonds is 6. The van der Waals surface area contributed by atoms with Crippen LogP contribution in [0.1, 0.15) is 5.56 Å². The van der Waals surface area contributed by atoms with Gasteiger partial charge in [-0.2, -0.15) is 5.26 Å². The van der Waals surface area contributed by atoms with Gasteiger partial charge in [0.2, 0.25) is 0 Å². The van der Waals surface area contributed by atoms with Gasteiger partial charge in [-0.15, -0.1) is 0 Å².